The molecule has 2 aliphatic rings. The second-order valence-electron chi connectivity index (χ2n) is 6.23. The van der Waals surface area contributed by atoms with Crippen molar-refractivity contribution in [2.45, 2.75) is 40.0 Å². The zero-order chi connectivity index (χ0) is 11.8. The first kappa shape index (κ1) is 11.9. The minimum absolute atomic E-state index is 0.161. The predicted molar refractivity (Wildman–Crippen MR) is 65.1 cm³/mol. The third-order valence-corrected chi connectivity index (χ3v) is 4.52. The zero-order valence-corrected chi connectivity index (χ0v) is 10.7. The van der Waals surface area contributed by atoms with Gasteiger partial charge >= 0.3 is 0 Å². The summed E-state index contributed by atoms with van der Waals surface area (Å²) in [5.74, 6) is 0.676. The first-order chi connectivity index (χ1) is 7.49. The maximum Gasteiger partial charge on any atom is 0.227 e. The number of hydrogen-bond acceptors (Lipinski definition) is 2. The molecule has 92 valence electrons. The van der Waals surface area contributed by atoms with Crippen molar-refractivity contribution in [1.82, 2.24) is 10.6 Å². The third-order valence-electron chi connectivity index (χ3n) is 4.52. The standard InChI is InChI=1S/C13H24N2O/c1-10(2)13(6-7-14-9-13)11(16)15-8-12(3)4-5-12/h10,14H,4-9H2,1-3H3,(H,15,16). The van der Waals surface area contributed by atoms with Crippen LogP contribution in [0.3, 0.4) is 0 Å². The molecule has 3 heteroatoms. The summed E-state index contributed by atoms with van der Waals surface area (Å²) in [6, 6.07) is 0. The maximum absolute atomic E-state index is 12.3. The Labute approximate surface area is 98.4 Å². The van der Waals surface area contributed by atoms with E-state index in [0.29, 0.717) is 11.3 Å². The van der Waals surface area contributed by atoms with Gasteiger partial charge in [0.1, 0.15) is 0 Å². The van der Waals surface area contributed by atoms with Gasteiger partial charge in [-0.25, -0.2) is 0 Å². The van der Waals surface area contributed by atoms with Crippen LogP contribution >= 0.6 is 0 Å². The van der Waals surface area contributed by atoms with Crippen LogP contribution in [0.15, 0.2) is 0 Å². The molecule has 2 N–H and O–H groups in total. The van der Waals surface area contributed by atoms with Gasteiger partial charge in [-0.15, -0.1) is 0 Å². The lowest BCUT2D eigenvalue weighted by molar-refractivity contribution is -0.132. The van der Waals surface area contributed by atoms with Gasteiger partial charge in [0.25, 0.3) is 0 Å². The summed E-state index contributed by atoms with van der Waals surface area (Å²) < 4.78 is 0. The third kappa shape index (κ3) is 2.10. The molecule has 0 bridgehead atoms. The fourth-order valence-electron chi connectivity index (χ4n) is 2.52. The summed E-state index contributed by atoms with van der Waals surface area (Å²) in [7, 11) is 0. The van der Waals surface area contributed by atoms with Crippen molar-refractivity contribution in [3.05, 3.63) is 0 Å². The number of carbonyl (C=O) groups excluding carboxylic acids is 1. The van der Waals surface area contributed by atoms with Gasteiger partial charge in [-0.05, 0) is 37.1 Å². The maximum atomic E-state index is 12.3. The molecule has 1 aliphatic heterocycles. The Kier molecular flexibility index (Phi) is 2.99. The van der Waals surface area contributed by atoms with E-state index in [4.69, 9.17) is 0 Å². The van der Waals surface area contributed by atoms with Gasteiger partial charge in [-0.3, -0.25) is 4.79 Å². The molecule has 1 unspecified atom stereocenters. The van der Waals surface area contributed by atoms with Crippen LogP contribution < -0.4 is 10.6 Å². The summed E-state index contributed by atoms with van der Waals surface area (Å²) >= 11 is 0. The van der Waals surface area contributed by atoms with Crippen molar-refractivity contribution in [3.8, 4) is 0 Å². The Morgan fingerprint density at radius 2 is 2.06 bits per heavy atom. The van der Waals surface area contributed by atoms with Gasteiger partial charge < -0.3 is 10.6 Å². The number of rotatable bonds is 4. The Morgan fingerprint density at radius 3 is 2.50 bits per heavy atom. The van der Waals surface area contributed by atoms with Crippen molar-refractivity contribution in [1.29, 1.82) is 0 Å². The summed E-state index contributed by atoms with van der Waals surface area (Å²) in [6.45, 7) is 9.25. The van der Waals surface area contributed by atoms with E-state index in [9.17, 15) is 4.79 Å². The molecule has 3 nitrogen and oxygen atoms in total. The minimum atomic E-state index is -0.161. The van der Waals surface area contributed by atoms with Crippen LogP contribution in [0.1, 0.15) is 40.0 Å². The van der Waals surface area contributed by atoms with E-state index < -0.39 is 0 Å². The van der Waals surface area contributed by atoms with Gasteiger partial charge in [0.05, 0.1) is 5.41 Å². The fraction of sp³-hybridized carbons (Fsp3) is 0.923. The minimum Gasteiger partial charge on any atom is -0.355 e. The molecular formula is C13H24N2O. The predicted octanol–water partition coefficient (Wildman–Crippen LogP) is 1.54. The average molecular weight is 224 g/mol. The van der Waals surface area contributed by atoms with E-state index in [1.807, 2.05) is 0 Å². The Balaban J connectivity index is 1.95. The molecule has 16 heavy (non-hydrogen) atoms. The molecule has 1 saturated heterocycles. The Bertz CT molecular complexity index is 276. The van der Waals surface area contributed by atoms with Crippen molar-refractivity contribution in [3.63, 3.8) is 0 Å². The van der Waals surface area contributed by atoms with Gasteiger partial charge in [-0.2, -0.15) is 0 Å². The second kappa shape index (κ2) is 4.02. The molecule has 0 aromatic rings. The van der Waals surface area contributed by atoms with Crippen LogP contribution in [-0.4, -0.2) is 25.5 Å². The summed E-state index contributed by atoms with van der Waals surface area (Å²) in [5, 5.41) is 6.50. The van der Waals surface area contributed by atoms with Gasteiger partial charge in [0.15, 0.2) is 0 Å². The second-order valence-corrected chi connectivity index (χ2v) is 6.23. The van der Waals surface area contributed by atoms with E-state index in [2.05, 4.69) is 31.4 Å². The number of carbonyl (C=O) groups is 1. The van der Waals surface area contributed by atoms with Crippen LogP contribution in [0, 0.1) is 16.7 Å². The van der Waals surface area contributed by atoms with Crippen LogP contribution in [0.2, 0.25) is 0 Å². The first-order valence-corrected chi connectivity index (χ1v) is 6.48. The van der Waals surface area contributed by atoms with Crippen LogP contribution in [0.5, 0.6) is 0 Å². The molecular weight excluding hydrogens is 200 g/mol. The molecule has 0 spiro atoms. The monoisotopic (exact) mass is 224 g/mol. The molecule has 0 aromatic carbocycles. The topological polar surface area (TPSA) is 41.1 Å². The molecule has 0 aromatic heterocycles. The highest BCUT2D eigenvalue weighted by Crippen LogP contribution is 2.44. The quantitative estimate of drug-likeness (QED) is 0.760. The summed E-state index contributed by atoms with van der Waals surface area (Å²) in [6.07, 6.45) is 3.51. The normalized spacial score (nSPS) is 31.8. The highest BCUT2D eigenvalue weighted by atomic mass is 16.2. The van der Waals surface area contributed by atoms with Crippen molar-refractivity contribution in [2.75, 3.05) is 19.6 Å². The molecule has 1 atom stereocenters. The first-order valence-electron chi connectivity index (χ1n) is 6.48. The number of amides is 1. The van der Waals surface area contributed by atoms with Gasteiger partial charge in [-0.1, -0.05) is 20.8 Å². The molecule has 2 fully saturated rings. The number of hydrogen-bond donors (Lipinski definition) is 2. The largest absolute Gasteiger partial charge is 0.355 e. The van der Waals surface area contributed by atoms with Crippen molar-refractivity contribution >= 4 is 5.91 Å². The van der Waals surface area contributed by atoms with E-state index in [1.54, 1.807) is 0 Å². The SMILES string of the molecule is CC(C)C1(C(=O)NCC2(C)CC2)CCNC1. The van der Waals surface area contributed by atoms with E-state index in [1.165, 1.54) is 12.8 Å². The van der Waals surface area contributed by atoms with Crippen molar-refractivity contribution < 1.29 is 4.79 Å². The highest BCUT2D eigenvalue weighted by molar-refractivity contribution is 5.83. The molecule has 1 saturated carbocycles. The van der Waals surface area contributed by atoms with E-state index in [0.717, 1.165) is 26.1 Å². The molecule has 1 aliphatic carbocycles. The molecule has 2 rings (SSSR count). The van der Waals surface area contributed by atoms with Gasteiger partial charge in [0.2, 0.25) is 5.91 Å². The Morgan fingerprint density at radius 1 is 1.38 bits per heavy atom. The number of nitrogens with one attached hydrogen (secondary N) is 2. The van der Waals surface area contributed by atoms with E-state index in [-0.39, 0.29) is 11.3 Å². The van der Waals surface area contributed by atoms with Crippen LogP contribution in [-0.2, 0) is 4.79 Å². The lowest BCUT2D eigenvalue weighted by atomic mass is 9.75. The van der Waals surface area contributed by atoms with E-state index >= 15 is 0 Å². The molecule has 0 radical (unpaired) electrons. The smallest absolute Gasteiger partial charge is 0.227 e. The van der Waals surface area contributed by atoms with Gasteiger partial charge in [0, 0.05) is 13.1 Å². The zero-order valence-electron chi connectivity index (χ0n) is 10.7. The molecule has 1 heterocycles. The summed E-state index contributed by atoms with van der Waals surface area (Å²) in [4.78, 5) is 12.3. The lowest BCUT2D eigenvalue weighted by Crippen LogP contribution is -2.47. The Hall–Kier alpha value is -0.570. The molecule has 1 amide bonds. The summed E-state index contributed by atoms with van der Waals surface area (Å²) in [5.41, 5.74) is 0.241. The van der Waals surface area contributed by atoms with Crippen LogP contribution in [0.25, 0.3) is 0 Å². The van der Waals surface area contributed by atoms with Crippen LogP contribution in [0.4, 0.5) is 0 Å². The highest BCUT2D eigenvalue weighted by Gasteiger charge is 2.45. The average Bonchev–Trinajstić information content (AvgIpc) is 2.81. The van der Waals surface area contributed by atoms with Crippen molar-refractivity contribution in [2.24, 2.45) is 16.7 Å². The fourth-order valence-corrected chi connectivity index (χ4v) is 2.52. The lowest BCUT2D eigenvalue weighted by Gasteiger charge is -2.31.